The van der Waals surface area contributed by atoms with Crippen LogP contribution in [0.15, 0.2) is 76.2 Å². The van der Waals surface area contributed by atoms with Gasteiger partial charge in [-0.3, -0.25) is 4.79 Å². The van der Waals surface area contributed by atoms with Gasteiger partial charge in [0, 0.05) is 18.9 Å². The Balaban J connectivity index is 1.41. The van der Waals surface area contributed by atoms with Crippen LogP contribution in [0.5, 0.6) is 0 Å². The molecule has 4 rings (SSSR count). The van der Waals surface area contributed by atoms with Crippen molar-refractivity contribution in [2.75, 3.05) is 18.9 Å². The summed E-state index contributed by atoms with van der Waals surface area (Å²) >= 11 is 2.50. The van der Waals surface area contributed by atoms with E-state index in [0.717, 1.165) is 28.1 Å². The van der Waals surface area contributed by atoms with Gasteiger partial charge in [0.1, 0.15) is 11.4 Å². The largest absolute Gasteiger partial charge is 0.383 e. The second kappa shape index (κ2) is 12.9. The van der Waals surface area contributed by atoms with Crippen molar-refractivity contribution in [3.63, 3.8) is 0 Å². The molecule has 8 nitrogen and oxygen atoms in total. The van der Waals surface area contributed by atoms with Gasteiger partial charge in [0.05, 0.1) is 21.8 Å². The summed E-state index contributed by atoms with van der Waals surface area (Å²) in [4.78, 5) is 25.8. The molecule has 38 heavy (non-hydrogen) atoms. The van der Waals surface area contributed by atoms with Crippen LogP contribution >= 0.6 is 23.1 Å². The number of rotatable bonds is 12. The molecule has 198 valence electrons. The van der Waals surface area contributed by atoms with Gasteiger partial charge in [-0.15, -0.1) is 0 Å². The molecule has 0 radical (unpaired) electrons. The SMILES string of the molecule is CCCC(O)(CNC(=O)c1nccc(Sc2cnc(Nc3ccc(CNC)cn3)s2)c1F)c1ccccc1. The Morgan fingerprint density at radius 2 is 1.92 bits per heavy atom. The van der Waals surface area contributed by atoms with Gasteiger partial charge in [0.25, 0.3) is 5.91 Å². The Hall–Kier alpha value is -3.38. The average molecular weight is 553 g/mol. The monoisotopic (exact) mass is 552 g/mol. The predicted octanol–water partition coefficient (Wildman–Crippen LogP) is 5.10. The lowest BCUT2D eigenvalue weighted by molar-refractivity contribution is 0.0260. The molecule has 0 fully saturated rings. The van der Waals surface area contributed by atoms with E-state index in [1.165, 1.54) is 23.6 Å². The van der Waals surface area contributed by atoms with Gasteiger partial charge in [0.2, 0.25) is 0 Å². The van der Waals surface area contributed by atoms with E-state index in [1.807, 2.05) is 56.4 Å². The topological polar surface area (TPSA) is 112 Å². The van der Waals surface area contributed by atoms with Crippen molar-refractivity contribution in [1.82, 2.24) is 25.6 Å². The number of nitrogens with zero attached hydrogens (tertiary/aromatic N) is 3. The highest BCUT2D eigenvalue weighted by Crippen LogP contribution is 2.36. The fraction of sp³-hybridized carbons (Fsp3) is 0.259. The molecule has 0 aliphatic carbocycles. The van der Waals surface area contributed by atoms with Crippen LogP contribution in [-0.2, 0) is 12.1 Å². The predicted molar refractivity (Wildman–Crippen MR) is 148 cm³/mol. The summed E-state index contributed by atoms with van der Waals surface area (Å²) in [5, 5.41) is 20.7. The molecule has 4 N–H and O–H groups in total. The highest BCUT2D eigenvalue weighted by atomic mass is 32.2. The Morgan fingerprint density at radius 3 is 2.63 bits per heavy atom. The third kappa shape index (κ3) is 6.93. The van der Waals surface area contributed by atoms with Crippen molar-refractivity contribution in [3.05, 3.63) is 89.8 Å². The summed E-state index contributed by atoms with van der Waals surface area (Å²) in [5.74, 6) is -0.753. The third-order valence-corrected chi connectivity index (χ3v) is 7.77. The first-order valence-corrected chi connectivity index (χ1v) is 13.8. The molecule has 0 aliphatic heterocycles. The number of aliphatic hydroxyl groups is 1. The van der Waals surface area contributed by atoms with Crippen molar-refractivity contribution in [2.45, 2.75) is 41.0 Å². The van der Waals surface area contributed by atoms with Crippen molar-refractivity contribution in [3.8, 4) is 0 Å². The number of hydrogen-bond acceptors (Lipinski definition) is 9. The van der Waals surface area contributed by atoms with Crippen molar-refractivity contribution in [2.24, 2.45) is 0 Å². The molecule has 3 aromatic heterocycles. The summed E-state index contributed by atoms with van der Waals surface area (Å²) in [6.07, 6.45) is 5.97. The Labute approximate surface area is 229 Å². The number of pyridine rings is 2. The van der Waals surface area contributed by atoms with Gasteiger partial charge in [-0.05, 0) is 36.7 Å². The summed E-state index contributed by atoms with van der Waals surface area (Å²) in [6, 6.07) is 14.5. The fourth-order valence-electron chi connectivity index (χ4n) is 3.86. The number of nitrogens with one attached hydrogen (secondary N) is 3. The van der Waals surface area contributed by atoms with Gasteiger partial charge in [-0.2, -0.15) is 0 Å². The minimum atomic E-state index is -1.26. The number of carbonyl (C=O) groups excluding carboxylic acids is 1. The van der Waals surface area contributed by atoms with Crippen LogP contribution in [-0.4, -0.2) is 39.6 Å². The summed E-state index contributed by atoms with van der Waals surface area (Å²) in [5.41, 5.74) is 0.175. The van der Waals surface area contributed by atoms with Gasteiger partial charge < -0.3 is 21.1 Å². The lowest BCUT2D eigenvalue weighted by atomic mass is 9.89. The van der Waals surface area contributed by atoms with Crippen LogP contribution in [0.25, 0.3) is 0 Å². The van der Waals surface area contributed by atoms with E-state index in [2.05, 4.69) is 30.9 Å². The van der Waals surface area contributed by atoms with Gasteiger partial charge in [-0.1, -0.05) is 72.8 Å². The van der Waals surface area contributed by atoms with Gasteiger partial charge in [-0.25, -0.2) is 19.3 Å². The zero-order valence-electron chi connectivity index (χ0n) is 21.1. The summed E-state index contributed by atoms with van der Waals surface area (Å²) < 4.78 is 16.0. The van der Waals surface area contributed by atoms with Crippen LogP contribution in [0.2, 0.25) is 0 Å². The number of benzene rings is 1. The van der Waals surface area contributed by atoms with Gasteiger partial charge >= 0.3 is 0 Å². The average Bonchev–Trinajstić information content (AvgIpc) is 3.37. The van der Waals surface area contributed by atoms with E-state index in [4.69, 9.17) is 0 Å². The molecule has 0 saturated heterocycles. The van der Waals surface area contributed by atoms with Crippen LogP contribution in [0.3, 0.4) is 0 Å². The summed E-state index contributed by atoms with van der Waals surface area (Å²) in [7, 11) is 1.88. The molecule has 0 bridgehead atoms. The van der Waals surface area contributed by atoms with E-state index in [-0.39, 0.29) is 17.1 Å². The molecular weight excluding hydrogens is 523 g/mol. The highest BCUT2D eigenvalue weighted by Gasteiger charge is 2.29. The van der Waals surface area contributed by atoms with E-state index in [9.17, 15) is 9.90 Å². The standard InChI is InChI=1S/C27H29FN6O2S2/c1-3-12-27(36,19-7-5-4-6-8-19)17-33-25(35)24-23(28)20(11-13-30-24)37-22-16-32-26(38-22)34-21-10-9-18(14-29-2)15-31-21/h4-11,13,15-16,29,36H,3,12,14,17H2,1-2H3,(H,33,35)(H,31,32,34). The van der Waals surface area contributed by atoms with Crippen molar-refractivity contribution in [1.29, 1.82) is 0 Å². The molecule has 0 saturated carbocycles. The molecule has 4 aromatic rings. The van der Waals surface area contributed by atoms with Crippen LogP contribution in [0.1, 0.15) is 41.4 Å². The van der Waals surface area contributed by atoms with Crippen LogP contribution in [0, 0.1) is 5.82 Å². The van der Waals surface area contributed by atoms with E-state index >= 15 is 4.39 Å². The van der Waals surface area contributed by atoms with Crippen LogP contribution < -0.4 is 16.0 Å². The minimum absolute atomic E-state index is 0.0595. The maximum atomic E-state index is 15.3. The zero-order valence-corrected chi connectivity index (χ0v) is 22.7. The lowest BCUT2D eigenvalue weighted by Crippen LogP contribution is -2.41. The second-order valence-corrected chi connectivity index (χ2v) is 11.0. The molecule has 1 amide bonds. The number of thiazole rings is 1. The van der Waals surface area contributed by atoms with E-state index in [1.54, 1.807) is 12.4 Å². The number of carbonyl (C=O) groups is 1. The zero-order chi connectivity index (χ0) is 27.0. The highest BCUT2D eigenvalue weighted by molar-refractivity contribution is 8.01. The number of anilines is 2. The first-order valence-electron chi connectivity index (χ1n) is 12.1. The van der Waals surface area contributed by atoms with Crippen molar-refractivity contribution >= 4 is 40.0 Å². The van der Waals surface area contributed by atoms with Gasteiger partial charge in [0.15, 0.2) is 16.6 Å². The molecule has 11 heteroatoms. The maximum absolute atomic E-state index is 15.3. The van der Waals surface area contributed by atoms with E-state index < -0.39 is 17.3 Å². The normalized spacial score (nSPS) is 12.6. The quantitative estimate of drug-likeness (QED) is 0.192. The number of amides is 1. The smallest absolute Gasteiger partial charge is 0.273 e. The second-order valence-electron chi connectivity index (χ2n) is 8.60. The Bertz CT molecular complexity index is 1350. The first kappa shape index (κ1) is 27.6. The molecule has 1 aromatic carbocycles. The molecule has 0 spiro atoms. The molecule has 1 unspecified atom stereocenters. The van der Waals surface area contributed by atoms with E-state index in [0.29, 0.717) is 29.4 Å². The molecule has 0 aliphatic rings. The number of aromatic nitrogens is 3. The molecular formula is C27H29FN6O2S2. The summed E-state index contributed by atoms with van der Waals surface area (Å²) in [6.45, 7) is 2.63. The van der Waals surface area contributed by atoms with Crippen molar-refractivity contribution < 1.29 is 14.3 Å². The molecule has 3 heterocycles. The number of hydrogen-bond donors (Lipinski definition) is 4. The Morgan fingerprint density at radius 1 is 1.11 bits per heavy atom. The lowest BCUT2D eigenvalue weighted by Gasteiger charge is -2.28. The third-order valence-electron chi connectivity index (χ3n) is 5.72. The number of halogens is 1. The fourth-order valence-corrected chi connectivity index (χ4v) is 5.73. The first-order chi connectivity index (χ1) is 18.4. The minimum Gasteiger partial charge on any atom is -0.383 e. The van der Waals surface area contributed by atoms with Crippen LogP contribution in [0.4, 0.5) is 15.3 Å². The molecule has 1 atom stereocenters. The Kier molecular flexibility index (Phi) is 9.40. The maximum Gasteiger partial charge on any atom is 0.273 e.